The maximum atomic E-state index is 12.0. The van der Waals surface area contributed by atoms with Crippen molar-refractivity contribution in [2.24, 2.45) is 0 Å². The lowest BCUT2D eigenvalue weighted by Crippen LogP contribution is -2.12. The number of ether oxygens (including phenoxy) is 1. The van der Waals surface area contributed by atoms with Gasteiger partial charge in [-0.2, -0.15) is 5.10 Å². The molecule has 0 aliphatic heterocycles. The lowest BCUT2D eigenvalue weighted by Gasteiger charge is -2.11. The topological polar surface area (TPSA) is 70.1 Å². The van der Waals surface area contributed by atoms with Crippen molar-refractivity contribution in [1.29, 1.82) is 0 Å². The molecule has 1 aliphatic carbocycles. The first-order valence-corrected chi connectivity index (χ1v) is 7.85. The molecule has 0 aromatic carbocycles. The number of thioether (sulfide) groups is 1. The van der Waals surface area contributed by atoms with Gasteiger partial charge in [0.15, 0.2) is 0 Å². The van der Waals surface area contributed by atoms with Gasteiger partial charge in [-0.05, 0) is 25.5 Å². The van der Waals surface area contributed by atoms with Gasteiger partial charge in [-0.3, -0.25) is 0 Å². The zero-order chi connectivity index (χ0) is 13.8. The Kier molecular flexibility index (Phi) is 4.74. The van der Waals surface area contributed by atoms with Crippen LogP contribution in [-0.4, -0.2) is 28.1 Å². The summed E-state index contributed by atoms with van der Waals surface area (Å²) in [6, 6.07) is 0.333. The maximum Gasteiger partial charge on any atom is 0.344 e. The minimum absolute atomic E-state index is 0.333. The Labute approximate surface area is 117 Å². The first-order valence-electron chi connectivity index (χ1n) is 6.86. The summed E-state index contributed by atoms with van der Waals surface area (Å²) in [6.07, 6.45) is 4.58. The fraction of sp³-hybridized carbons (Fsp3) is 0.692. The summed E-state index contributed by atoms with van der Waals surface area (Å²) >= 11 is 1.54. The number of anilines is 1. The molecule has 1 aliphatic rings. The Bertz CT molecular complexity index is 453. The van der Waals surface area contributed by atoms with Gasteiger partial charge in [0, 0.05) is 0 Å². The first-order chi connectivity index (χ1) is 9.19. The quantitative estimate of drug-likeness (QED) is 0.664. The molecular weight excluding hydrogens is 262 g/mol. The van der Waals surface area contributed by atoms with Crippen molar-refractivity contribution < 1.29 is 9.53 Å². The molecule has 2 N–H and O–H groups in total. The van der Waals surface area contributed by atoms with Crippen molar-refractivity contribution in [2.45, 2.75) is 50.6 Å². The van der Waals surface area contributed by atoms with Gasteiger partial charge in [-0.25, -0.2) is 9.48 Å². The van der Waals surface area contributed by atoms with E-state index in [1.807, 2.05) is 11.6 Å². The molecule has 1 aromatic heterocycles. The third-order valence-electron chi connectivity index (χ3n) is 3.35. The molecule has 0 radical (unpaired) electrons. The number of nitrogens with two attached hydrogens (primary N) is 1. The Morgan fingerprint density at radius 1 is 1.47 bits per heavy atom. The van der Waals surface area contributed by atoms with Crippen molar-refractivity contribution in [3.05, 3.63) is 5.56 Å². The predicted octanol–water partition coefficient (Wildman–Crippen LogP) is 2.87. The summed E-state index contributed by atoms with van der Waals surface area (Å²) < 4.78 is 6.92. The molecule has 0 atom stereocenters. The van der Waals surface area contributed by atoms with Crippen LogP contribution in [0.3, 0.4) is 0 Å². The van der Waals surface area contributed by atoms with Crippen LogP contribution in [-0.2, 0) is 4.74 Å². The van der Waals surface area contributed by atoms with Crippen LogP contribution in [0.4, 0.5) is 5.82 Å². The average Bonchev–Trinajstić information content (AvgIpc) is 2.98. The molecule has 0 spiro atoms. The zero-order valence-corrected chi connectivity index (χ0v) is 12.3. The number of carbonyl (C=O) groups excluding carboxylic acids is 1. The maximum absolute atomic E-state index is 12.0. The van der Waals surface area contributed by atoms with Crippen LogP contribution >= 0.6 is 11.8 Å². The summed E-state index contributed by atoms with van der Waals surface area (Å²) in [5.74, 6) is 0.953. The largest absolute Gasteiger partial charge is 0.462 e. The average molecular weight is 283 g/mol. The molecule has 1 aromatic rings. The third-order valence-corrected chi connectivity index (χ3v) is 4.19. The molecule has 6 heteroatoms. The Morgan fingerprint density at radius 2 is 2.16 bits per heavy atom. The molecule has 0 saturated heterocycles. The van der Waals surface area contributed by atoms with E-state index in [2.05, 4.69) is 5.10 Å². The van der Waals surface area contributed by atoms with Crippen molar-refractivity contribution in [3.63, 3.8) is 0 Å². The van der Waals surface area contributed by atoms with Crippen LogP contribution in [0.25, 0.3) is 0 Å². The van der Waals surface area contributed by atoms with Gasteiger partial charge >= 0.3 is 5.97 Å². The fourth-order valence-corrected chi connectivity index (χ4v) is 3.24. The SMILES string of the molecule is CCOC(=O)c1c(SCC)nn(C2CCCC2)c1N. The smallest absolute Gasteiger partial charge is 0.344 e. The summed E-state index contributed by atoms with van der Waals surface area (Å²) in [7, 11) is 0. The highest BCUT2D eigenvalue weighted by Crippen LogP contribution is 2.35. The van der Waals surface area contributed by atoms with E-state index >= 15 is 0 Å². The molecule has 1 fully saturated rings. The van der Waals surface area contributed by atoms with E-state index in [-0.39, 0.29) is 5.97 Å². The van der Waals surface area contributed by atoms with Crippen molar-refractivity contribution in [3.8, 4) is 0 Å². The number of nitrogen functional groups attached to an aromatic ring is 1. The lowest BCUT2D eigenvalue weighted by molar-refractivity contribution is 0.0523. The number of hydrogen-bond acceptors (Lipinski definition) is 5. The van der Waals surface area contributed by atoms with Crippen LogP contribution < -0.4 is 5.73 Å². The summed E-state index contributed by atoms with van der Waals surface area (Å²) in [6.45, 7) is 4.18. The van der Waals surface area contributed by atoms with E-state index in [0.717, 1.165) is 18.6 Å². The molecule has 1 saturated carbocycles. The summed E-state index contributed by atoms with van der Waals surface area (Å²) in [4.78, 5) is 12.0. The van der Waals surface area contributed by atoms with Gasteiger partial charge in [0.25, 0.3) is 0 Å². The highest BCUT2D eigenvalue weighted by Gasteiger charge is 2.28. The van der Waals surface area contributed by atoms with E-state index in [1.54, 1.807) is 6.92 Å². The van der Waals surface area contributed by atoms with Gasteiger partial charge < -0.3 is 10.5 Å². The predicted molar refractivity (Wildman–Crippen MR) is 76.5 cm³/mol. The second-order valence-corrected chi connectivity index (χ2v) is 5.85. The van der Waals surface area contributed by atoms with E-state index < -0.39 is 0 Å². The lowest BCUT2D eigenvalue weighted by atomic mass is 10.2. The minimum Gasteiger partial charge on any atom is -0.462 e. The highest BCUT2D eigenvalue weighted by molar-refractivity contribution is 7.99. The van der Waals surface area contributed by atoms with Crippen LogP contribution in [0.15, 0.2) is 5.03 Å². The minimum atomic E-state index is -0.361. The third kappa shape index (κ3) is 2.88. The number of aromatic nitrogens is 2. The van der Waals surface area contributed by atoms with E-state index in [1.165, 1.54) is 24.6 Å². The number of carbonyl (C=O) groups is 1. The molecule has 0 unspecified atom stereocenters. The number of rotatable bonds is 5. The molecule has 19 heavy (non-hydrogen) atoms. The van der Waals surface area contributed by atoms with Gasteiger partial charge in [0.05, 0.1) is 12.6 Å². The summed E-state index contributed by atoms with van der Waals surface area (Å²) in [5, 5.41) is 5.24. The zero-order valence-electron chi connectivity index (χ0n) is 11.5. The van der Waals surface area contributed by atoms with Crippen molar-refractivity contribution >= 4 is 23.5 Å². The van der Waals surface area contributed by atoms with E-state index in [4.69, 9.17) is 10.5 Å². The molecular formula is C13H21N3O2S. The first kappa shape index (κ1) is 14.2. The summed E-state index contributed by atoms with van der Waals surface area (Å²) in [5.41, 5.74) is 6.58. The molecule has 5 nitrogen and oxygen atoms in total. The normalized spacial score (nSPS) is 15.9. The Balaban J connectivity index is 2.35. The number of esters is 1. The van der Waals surface area contributed by atoms with E-state index in [0.29, 0.717) is 29.1 Å². The molecule has 0 amide bonds. The Morgan fingerprint density at radius 3 is 2.74 bits per heavy atom. The second-order valence-electron chi connectivity index (χ2n) is 4.60. The van der Waals surface area contributed by atoms with Crippen LogP contribution in [0, 0.1) is 0 Å². The van der Waals surface area contributed by atoms with Crippen LogP contribution in [0.1, 0.15) is 55.9 Å². The van der Waals surface area contributed by atoms with Gasteiger partial charge in [-0.1, -0.05) is 19.8 Å². The van der Waals surface area contributed by atoms with Crippen molar-refractivity contribution in [2.75, 3.05) is 18.1 Å². The Hall–Kier alpha value is -1.17. The number of hydrogen-bond donors (Lipinski definition) is 1. The monoisotopic (exact) mass is 283 g/mol. The van der Waals surface area contributed by atoms with E-state index in [9.17, 15) is 4.79 Å². The van der Waals surface area contributed by atoms with Gasteiger partial charge in [-0.15, -0.1) is 11.8 Å². The molecule has 0 bridgehead atoms. The highest BCUT2D eigenvalue weighted by atomic mass is 32.2. The standard InChI is InChI=1S/C13H21N3O2S/c1-3-18-13(17)10-11(14)16(9-7-5-6-8-9)15-12(10)19-4-2/h9H,3-8,14H2,1-2H3. The molecule has 2 rings (SSSR count). The van der Waals surface area contributed by atoms with Crippen molar-refractivity contribution in [1.82, 2.24) is 9.78 Å². The molecule has 106 valence electrons. The second kappa shape index (κ2) is 6.32. The molecule has 1 heterocycles. The van der Waals surface area contributed by atoms with Crippen LogP contribution in [0.2, 0.25) is 0 Å². The van der Waals surface area contributed by atoms with Gasteiger partial charge in [0.1, 0.15) is 16.4 Å². The van der Waals surface area contributed by atoms with Crippen LogP contribution in [0.5, 0.6) is 0 Å². The number of nitrogens with zero attached hydrogens (tertiary/aromatic N) is 2. The van der Waals surface area contributed by atoms with Gasteiger partial charge in [0.2, 0.25) is 0 Å². The fourth-order valence-electron chi connectivity index (χ4n) is 2.49.